The molecule has 0 radical (unpaired) electrons. The number of aromatic nitrogens is 2. The van der Waals surface area contributed by atoms with Gasteiger partial charge in [0.25, 0.3) is 0 Å². The monoisotopic (exact) mass is 467 g/mol. The molecular weight excluding hydrogens is 433 g/mol. The minimum absolute atomic E-state index is 0.101. The Balaban J connectivity index is 1.23. The number of benzene rings is 2. The van der Waals surface area contributed by atoms with E-state index in [2.05, 4.69) is 26.6 Å². The Hall–Kier alpha value is -2.90. The largest absolute Gasteiger partial charge is 0.494 e. The standard InChI is InChI=1S/C27H34FN3O3/c1-22-29-13-17-31(22)15-6-18-33-24-8-4-7-23(19-24)20-30-14-5-11-27(32,12-16-30)21-34-26-10-3-2-9-25(26)28/h2-4,7-10,13,17,19,32H,5-6,11-12,14-16,18,20-21H2,1H3/t27-/m1/s1. The van der Waals surface area contributed by atoms with Crippen LogP contribution in [0.25, 0.3) is 0 Å². The number of hydrogen-bond donors (Lipinski definition) is 1. The SMILES string of the molecule is Cc1nccn1CCCOc1cccc(CN2CCC[C@](O)(COc3ccccc3F)CC2)c1. The zero-order chi connectivity index (χ0) is 23.8. The van der Waals surface area contributed by atoms with E-state index in [0.717, 1.165) is 50.6 Å². The second-order valence-corrected chi connectivity index (χ2v) is 9.09. The second kappa shape index (κ2) is 11.5. The third-order valence-electron chi connectivity index (χ3n) is 6.38. The van der Waals surface area contributed by atoms with E-state index in [1.807, 2.05) is 31.5 Å². The molecule has 1 N–H and O–H groups in total. The highest BCUT2D eigenvalue weighted by Gasteiger charge is 2.31. The molecule has 1 aliphatic heterocycles. The number of aliphatic hydroxyl groups is 1. The van der Waals surface area contributed by atoms with Crippen LogP contribution < -0.4 is 9.47 Å². The number of nitrogens with zero attached hydrogens (tertiary/aromatic N) is 3. The zero-order valence-electron chi connectivity index (χ0n) is 19.8. The topological polar surface area (TPSA) is 59.8 Å². The number of para-hydroxylation sites is 1. The minimum Gasteiger partial charge on any atom is -0.494 e. The van der Waals surface area contributed by atoms with Crippen molar-refractivity contribution in [2.45, 2.75) is 51.3 Å². The van der Waals surface area contributed by atoms with Gasteiger partial charge in [-0.15, -0.1) is 0 Å². The summed E-state index contributed by atoms with van der Waals surface area (Å²) in [5.41, 5.74) is 0.242. The molecule has 1 aromatic heterocycles. The van der Waals surface area contributed by atoms with E-state index in [1.165, 1.54) is 11.6 Å². The summed E-state index contributed by atoms with van der Waals surface area (Å²) in [5.74, 6) is 1.68. The Labute approximate surface area is 201 Å². The lowest BCUT2D eigenvalue weighted by Crippen LogP contribution is -2.37. The fraction of sp³-hybridized carbons (Fsp3) is 0.444. The number of halogens is 1. The van der Waals surface area contributed by atoms with E-state index in [0.29, 0.717) is 19.4 Å². The molecule has 0 aliphatic carbocycles. The summed E-state index contributed by atoms with van der Waals surface area (Å²) in [6, 6.07) is 14.6. The van der Waals surface area contributed by atoms with Crippen molar-refractivity contribution in [2.75, 3.05) is 26.3 Å². The van der Waals surface area contributed by atoms with Gasteiger partial charge in [0.2, 0.25) is 0 Å². The summed E-state index contributed by atoms with van der Waals surface area (Å²) in [6.07, 6.45) is 6.81. The van der Waals surface area contributed by atoms with Gasteiger partial charge in [-0.25, -0.2) is 9.37 Å². The van der Waals surface area contributed by atoms with Crippen molar-refractivity contribution in [3.63, 3.8) is 0 Å². The molecule has 1 fully saturated rings. The van der Waals surface area contributed by atoms with E-state index in [4.69, 9.17) is 9.47 Å². The molecule has 4 rings (SSSR count). The first kappa shape index (κ1) is 24.2. The zero-order valence-corrected chi connectivity index (χ0v) is 19.8. The predicted molar refractivity (Wildman–Crippen MR) is 129 cm³/mol. The van der Waals surface area contributed by atoms with Gasteiger partial charge in [0, 0.05) is 32.0 Å². The molecule has 182 valence electrons. The van der Waals surface area contributed by atoms with Crippen molar-refractivity contribution in [3.8, 4) is 11.5 Å². The Morgan fingerprint density at radius 2 is 1.97 bits per heavy atom. The maximum absolute atomic E-state index is 13.8. The summed E-state index contributed by atoms with van der Waals surface area (Å²) in [7, 11) is 0. The maximum atomic E-state index is 13.8. The van der Waals surface area contributed by atoms with E-state index in [1.54, 1.807) is 18.2 Å². The molecule has 0 spiro atoms. The van der Waals surface area contributed by atoms with Crippen LogP contribution in [0.5, 0.6) is 11.5 Å². The molecule has 0 saturated carbocycles. The van der Waals surface area contributed by atoms with Gasteiger partial charge in [-0.2, -0.15) is 0 Å². The number of likely N-dealkylation sites (tertiary alicyclic amines) is 1. The van der Waals surface area contributed by atoms with Crippen LogP contribution in [0, 0.1) is 12.7 Å². The van der Waals surface area contributed by atoms with Crippen LogP contribution in [0.3, 0.4) is 0 Å². The lowest BCUT2D eigenvalue weighted by molar-refractivity contribution is -0.0177. The van der Waals surface area contributed by atoms with Gasteiger partial charge >= 0.3 is 0 Å². The van der Waals surface area contributed by atoms with Crippen LogP contribution in [0.2, 0.25) is 0 Å². The summed E-state index contributed by atoms with van der Waals surface area (Å²) < 4.78 is 27.6. The molecule has 34 heavy (non-hydrogen) atoms. The first-order chi connectivity index (χ1) is 16.5. The Bertz CT molecular complexity index is 1060. The van der Waals surface area contributed by atoms with E-state index in [9.17, 15) is 9.50 Å². The van der Waals surface area contributed by atoms with E-state index >= 15 is 0 Å². The van der Waals surface area contributed by atoms with Crippen molar-refractivity contribution in [1.82, 2.24) is 14.5 Å². The van der Waals surface area contributed by atoms with Crippen molar-refractivity contribution >= 4 is 0 Å². The Kier molecular flexibility index (Phi) is 8.19. The molecule has 6 nitrogen and oxygen atoms in total. The molecule has 0 unspecified atom stereocenters. The molecule has 1 saturated heterocycles. The summed E-state index contributed by atoms with van der Waals surface area (Å²) in [4.78, 5) is 6.59. The van der Waals surface area contributed by atoms with Gasteiger partial charge < -0.3 is 19.1 Å². The van der Waals surface area contributed by atoms with Gasteiger partial charge in [0.05, 0.1) is 12.2 Å². The minimum atomic E-state index is -0.949. The first-order valence-corrected chi connectivity index (χ1v) is 12.0. The van der Waals surface area contributed by atoms with Gasteiger partial charge in [-0.05, 0) is 69.0 Å². The van der Waals surface area contributed by atoms with Crippen LogP contribution in [-0.2, 0) is 13.1 Å². The molecule has 1 atom stereocenters. The summed E-state index contributed by atoms with van der Waals surface area (Å²) in [6.45, 7) is 6.11. The smallest absolute Gasteiger partial charge is 0.165 e. The molecule has 2 heterocycles. The van der Waals surface area contributed by atoms with Crippen LogP contribution in [0.4, 0.5) is 4.39 Å². The van der Waals surface area contributed by atoms with Gasteiger partial charge in [-0.1, -0.05) is 24.3 Å². The van der Waals surface area contributed by atoms with E-state index in [-0.39, 0.29) is 12.4 Å². The highest BCUT2D eigenvalue weighted by Crippen LogP contribution is 2.26. The fourth-order valence-electron chi connectivity index (χ4n) is 4.37. The number of ether oxygens (including phenoxy) is 2. The van der Waals surface area contributed by atoms with Gasteiger partial charge in [-0.3, -0.25) is 4.90 Å². The number of rotatable bonds is 10. The molecule has 3 aromatic rings. The summed E-state index contributed by atoms with van der Waals surface area (Å²) >= 11 is 0. The van der Waals surface area contributed by atoms with E-state index < -0.39 is 11.4 Å². The fourth-order valence-corrected chi connectivity index (χ4v) is 4.37. The molecule has 1 aliphatic rings. The molecular formula is C27H34FN3O3. The number of imidazole rings is 1. The van der Waals surface area contributed by atoms with Crippen molar-refractivity contribution in [1.29, 1.82) is 0 Å². The highest BCUT2D eigenvalue weighted by atomic mass is 19.1. The van der Waals surface area contributed by atoms with Crippen molar-refractivity contribution in [3.05, 3.63) is 78.1 Å². The highest BCUT2D eigenvalue weighted by molar-refractivity contribution is 5.28. The molecule has 0 bridgehead atoms. The molecule has 7 heteroatoms. The average molecular weight is 468 g/mol. The van der Waals surface area contributed by atoms with Crippen LogP contribution in [0.15, 0.2) is 60.9 Å². The first-order valence-electron chi connectivity index (χ1n) is 12.0. The lowest BCUT2D eigenvalue weighted by atomic mass is 9.96. The number of hydrogen-bond acceptors (Lipinski definition) is 5. The molecule has 0 amide bonds. The predicted octanol–water partition coefficient (Wildman–Crippen LogP) is 4.60. The van der Waals surface area contributed by atoms with Crippen LogP contribution in [-0.4, -0.2) is 51.5 Å². The Morgan fingerprint density at radius 3 is 2.79 bits per heavy atom. The molecule has 2 aromatic carbocycles. The number of aryl methyl sites for hydroxylation is 2. The third kappa shape index (κ3) is 6.81. The van der Waals surface area contributed by atoms with Crippen molar-refractivity contribution in [2.24, 2.45) is 0 Å². The lowest BCUT2D eigenvalue weighted by Gasteiger charge is -2.27. The van der Waals surface area contributed by atoms with Gasteiger partial charge in [0.15, 0.2) is 11.6 Å². The summed E-state index contributed by atoms with van der Waals surface area (Å²) in [5, 5.41) is 11.0. The van der Waals surface area contributed by atoms with Gasteiger partial charge in [0.1, 0.15) is 18.2 Å². The Morgan fingerprint density at radius 1 is 1.09 bits per heavy atom. The van der Waals surface area contributed by atoms with Crippen LogP contribution >= 0.6 is 0 Å². The average Bonchev–Trinajstić information content (AvgIpc) is 3.15. The maximum Gasteiger partial charge on any atom is 0.165 e. The normalized spacial score (nSPS) is 19.0. The van der Waals surface area contributed by atoms with Crippen LogP contribution in [0.1, 0.15) is 37.1 Å². The third-order valence-corrected chi connectivity index (χ3v) is 6.38. The quantitative estimate of drug-likeness (QED) is 0.442. The van der Waals surface area contributed by atoms with Crippen molar-refractivity contribution < 1.29 is 19.0 Å². The second-order valence-electron chi connectivity index (χ2n) is 9.09.